The molecule has 1 fully saturated rings. The summed E-state index contributed by atoms with van der Waals surface area (Å²) in [5, 5.41) is 11.6. The first kappa shape index (κ1) is 18.4. The van der Waals surface area contributed by atoms with Gasteiger partial charge in [-0.15, -0.1) is 10.2 Å². The van der Waals surface area contributed by atoms with Crippen molar-refractivity contribution >= 4 is 44.7 Å². The number of halogens is 3. The molecule has 4 rings (SSSR count). The number of carbonyl (C=O) groups is 2. The van der Waals surface area contributed by atoms with Crippen molar-refractivity contribution in [2.75, 3.05) is 10.6 Å². The van der Waals surface area contributed by atoms with Crippen LogP contribution in [0.1, 0.15) is 28.2 Å². The second-order valence-electron chi connectivity index (χ2n) is 6.37. The first-order valence-electron chi connectivity index (χ1n) is 8.37. The number of benzene rings is 2. The van der Waals surface area contributed by atoms with Crippen LogP contribution in [0, 0.1) is 5.92 Å². The van der Waals surface area contributed by atoms with E-state index >= 15 is 0 Å². The number of anilines is 2. The summed E-state index contributed by atoms with van der Waals surface area (Å²) in [5.41, 5.74) is 0.435. The summed E-state index contributed by atoms with van der Waals surface area (Å²) in [7, 11) is 0. The Labute approximate surface area is 160 Å². The Morgan fingerprint density at radius 1 is 1.04 bits per heavy atom. The summed E-state index contributed by atoms with van der Waals surface area (Å²) in [6.45, 7) is 0. The molecular weight excluding hydrogens is 393 g/mol. The fourth-order valence-corrected chi connectivity index (χ4v) is 3.27. The average molecular weight is 406 g/mol. The van der Waals surface area contributed by atoms with Gasteiger partial charge in [0.05, 0.1) is 11.3 Å². The van der Waals surface area contributed by atoms with Gasteiger partial charge in [0, 0.05) is 5.92 Å². The summed E-state index contributed by atoms with van der Waals surface area (Å²) >= 11 is 0.235. The van der Waals surface area contributed by atoms with Gasteiger partial charge in [0.15, 0.2) is 0 Å². The molecule has 2 aromatic carbocycles. The molecule has 1 aliphatic rings. The molecule has 2 amide bonds. The molecule has 3 aromatic rings. The van der Waals surface area contributed by atoms with Crippen LogP contribution in [-0.2, 0) is 11.0 Å². The number of rotatable bonds is 4. The number of nitrogens with one attached hydrogen (secondary N) is 2. The first-order chi connectivity index (χ1) is 13.3. The molecule has 0 spiro atoms. The molecule has 2 N–H and O–H groups in total. The lowest BCUT2D eigenvalue weighted by Crippen LogP contribution is -2.19. The van der Waals surface area contributed by atoms with Crippen LogP contribution in [0.2, 0.25) is 0 Å². The lowest BCUT2D eigenvalue weighted by Gasteiger charge is -2.12. The number of nitrogens with zero attached hydrogens (tertiary/aromatic N) is 2. The maximum atomic E-state index is 12.7. The quantitative estimate of drug-likeness (QED) is 0.676. The van der Waals surface area contributed by atoms with E-state index in [0.29, 0.717) is 5.69 Å². The van der Waals surface area contributed by atoms with Crippen molar-refractivity contribution in [3.05, 3.63) is 47.0 Å². The van der Waals surface area contributed by atoms with E-state index in [1.165, 1.54) is 0 Å². The second kappa shape index (κ2) is 6.86. The van der Waals surface area contributed by atoms with E-state index in [2.05, 4.69) is 20.8 Å². The third-order valence-corrected chi connectivity index (χ3v) is 5.11. The van der Waals surface area contributed by atoms with E-state index in [4.69, 9.17) is 0 Å². The van der Waals surface area contributed by atoms with E-state index in [9.17, 15) is 22.8 Å². The second-order valence-corrected chi connectivity index (χ2v) is 7.35. The van der Waals surface area contributed by atoms with Gasteiger partial charge in [-0.25, -0.2) is 0 Å². The van der Waals surface area contributed by atoms with Crippen molar-refractivity contribution in [1.82, 2.24) is 10.2 Å². The van der Waals surface area contributed by atoms with E-state index in [0.717, 1.165) is 23.6 Å². The highest BCUT2D eigenvalue weighted by molar-refractivity contribution is 7.15. The monoisotopic (exact) mass is 406 g/mol. The maximum absolute atomic E-state index is 12.7. The van der Waals surface area contributed by atoms with Crippen molar-refractivity contribution in [2.45, 2.75) is 19.0 Å². The summed E-state index contributed by atoms with van der Waals surface area (Å²) < 4.78 is 38.0. The van der Waals surface area contributed by atoms with E-state index in [1.807, 2.05) is 12.1 Å². The van der Waals surface area contributed by atoms with Crippen molar-refractivity contribution < 1.29 is 22.8 Å². The highest BCUT2D eigenvalue weighted by atomic mass is 32.1. The number of aromatic nitrogens is 2. The Bertz CT molecular complexity index is 1080. The lowest BCUT2D eigenvalue weighted by atomic mass is 10.0. The van der Waals surface area contributed by atoms with Gasteiger partial charge < -0.3 is 5.32 Å². The zero-order valence-corrected chi connectivity index (χ0v) is 15.0. The normalized spacial score (nSPS) is 14.1. The summed E-state index contributed by atoms with van der Waals surface area (Å²) in [6, 6.07) is 10.5. The predicted octanol–water partition coefficient (Wildman–Crippen LogP) is 4.31. The Morgan fingerprint density at radius 2 is 1.71 bits per heavy atom. The lowest BCUT2D eigenvalue weighted by molar-refractivity contribution is -0.138. The minimum atomic E-state index is -4.63. The Kier molecular flexibility index (Phi) is 4.50. The molecule has 10 heteroatoms. The van der Waals surface area contributed by atoms with Crippen molar-refractivity contribution in [3.63, 3.8) is 0 Å². The summed E-state index contributed by atoms with van der Waals surface area (Å²) in [5.74, 6) is -0.929. The predicted molar refractivity (Wildman–Crippen MR) is 98.2 cm³/mol. The smallest absolute Gasteiger partial charge is 0.325 e. The van der Waals surface area contributed by atoms with Gasteiger partial charge in [-0.2, -0.15) is 13.2 Å². The molecule has 144 valence electrons. The van der Waals surface area contributed by atoms with Crippen molar-refractivity contribution in [3.8, 4) is 0 Å². The van der Waals surface area contributed by atoms with Crippen LogP contribution in [0.3, 0.4) is 0 Å². The summed E-state index contributed by atoms with van der Waals surface area (Å²) in [6.07, 6.45) is -3.04. The van der Waals surface area contributed by atoms with Crippen LogP contribution in [0.15, 0.2) is 36.4 Å². The minimum absolute atomic E-state index is 0.0695. The standard InChI is InChI=1S/C18H13F3N4O2S/c19-18(20,21)16-24-25-17(28-16)23-15(27)12-7-10-3-1-2-4-11(10)8-13(12)22-14(26)9-5-6-9/h1-4,7-9H,5-6H2,(H,22,26)(H,23,25,27). The van der Waals surface area contributed by atoms with E-state index < -0.39 is 17.1 Å². The van der Waals surface area contributed by atoms with Gasteiger partial charge in [0.2, 0.25) is 16.0 Å². The van der Waals surface area contributed by atoms with Crippen LogP contribution in [0.25, 0.3) is 10.8 Å². The molecule has 0 bridgehead atoms. The molecule has 0 unspecified atom stereocenters. The number of hydrogen-bond donors (Lipinski definition) is 2. The van der Waals surface area contributed by atoms with Gasteiger partial charge in [-0.05, 0) is 35.7 Å². The van der Waals surface area contributed by atoms with Crippen LogP contribution in [0.4, 0.5) is 24.0 Å². The van der Waals surface area contributed by atoms with E-state index in [-0.39, 0.29) is 33.9 Å². The third kappa shape index (κ3) is 3.81. The Morgan fingerprint density at radius 3 is 2.32 bits per heavy atom. The SMILES string of the molecule is O=C(Nc1nnc(C(F)(F)F)s1)c1cc2ccccc2cc1NC(=O)C1CC1. The zero-order valence-electron chi connectivity index (χ0n) is 14.2. The van der Waals surface area contributed by atoms with Crippen molar-refractivity contribution in [2.24, 2.45) is 5.92 Å². The van der Waals surface area contributed by atoms with Crippen LogP contribution in [0.5, 0.6) is 0 Å². The van der Waals surface area contributed by atoms with E-state index in [1.54, 1.807) is 24.3 Å². The maximum Gasteiger partial charge on any atom is 0.445 e. The van der Waals surface area contributed by atoms with Gasteiger partial charge >= 0.3 is 6.18 Å². The highest BCUT2D eigenvalue weighted by Crippen LogP contribution is 2.34. The fraction of sp³-hybridized carbons (Fsp3) is 0.222. The molecule has 6 nitrogen and oxygen atoms in total. The molecular formula is C18H13F3N4O2S. The fourth-order valence-electron chi connectivity index (χ4n) is 2.66. The largest absolute Gasteiger partial charge is 0.445 e. The minimum Gasteiger partial charge on any atom is -0.325 e. The summed E-state index contributed by atoms with van der Waals surface area (Å²) in [4.78, 5) is 24.9. The van der Waals surface area contributed by atoms with Gasteiger partial charge in [0.25, 0.3) is 5.91 Å². The van der Waals surface area contributed by atoms with Gasteiger partial charge in [-0.1, -0.05) is 35.6 Å². The number of alkyl halides is 3. The molecule has 1 heterocycles. The number of carbonyl (C=O) groups excluding carboxylic acids is 2. The molecule has 28 heavy (non-hydrogen) atoms. The van der Waals surface area contributed by atoms with Crippen LogP contribution < -0.4 is 10.6 Å². The van der Waals surface area contributed by atoms with Gasteiger partial charge in [0.1, 0.15) is 0 Å². The van der Waals surface area contributed by atoms with Crippen molar-refractivity contribution in [1.29, 1.82) is 0 Å². The number of amides is 2. The molecule has 1 aromatic heterocycles. The molecule has 1 saturated carbocycles. The van der Waals surface area contributed by atoms with Crippen LogP contribution >= 0.6 is 11.3 Å². The topological polar surface area (TPSA) is 84.0 Å². The Balaban J connectivity index is 1.66. The Hall–Kier alpha value is -3.01. The zero-order chi connectivity index (χ0) is 19.9. The first-order valence-corrected chi connectivity index (χ1v) is 9.18. The highest BCUT2D eigenvalue weighted by Gasteiger charge is 2.36. The molecule has 0 aliphatic heterocycles. The molecule has 0 radical (unpaired) electrons. The van der Waals surface area contributed by atoms with Crippen LogP contribution in [-0.4, -0.2) is 22.0 Å². The van der Waals surface area contributed by atoms with Gasteiger partial charge in [-0.3, -0.25) is 14.9 Å². The number of fused-ring (bicyclic) bond motifs is 1. The number of hydrogen-bond acceptors (Lipinski definition) is 5. The third-order valence-electron chi connectivity index (χ3n) is 4.22. The molecule has 1 aliphatic carbocycles. The molecule has 0 atom stereocenters. The average Bonchev–Trinajstić information content (AvgIpc) is 3.39. The molecule has 0 saturated heterocycles.